The van der Waals surface area contributed by atoms with Crippen molar-refractivity contribution in [2.75, 3.05) is 24.3 Å². The zero-order valence-electron chi connectivity index (χ0n) is 8.71. The minimum atomic E-state index is -3.13. The zero-order chi connectivity index (χ0) is 12.2. The van der Waals surface area contributed by atoms with Crippen molar-refractivity contribution in [1.29, 1.82) is 0 Å². The molecule has 0 bridgehead atoms. The van der Waals surface area contributed by atoms with E-state index in [1.54, 1.807) is 0 Å². The average Bonchev–Trinajstić information content (AvgIpc) is 2.16. The van der Waals surface area contributed by atoms with Gasteiger partial charge in [0, 0.05) is 6.26 Å². The number of anilines is 1. The molecule has 0 aromatic carbocycles. The van der Waals surface area contributed by atoms with E-state index in [9.17, 15) is 13.2 Å². The molecule has 1 aromatic heterocycles. The summed E-state index contributed by atoms with van der Waals surface area (Å²) in [5, 5.41) is 0. The van der Waals surface area contributed by atoms with Gasteiger partial charge >= 0.3 is 5.97 Å². The van der Waals surface area contributed by atoms with E-state index in [-0.39, 0.29) is 18.1 Å². The van der Waals surface area contributed by atoms with Gasteiger partial charge in [-0.1, -0.05) is 0 Å². The van der Waals surface area contributed by atoms with Crippen LogP contribution in [0.5, 0.6) is 0 Å². The van der Waals surface area contributed by atoms with E-state index in [0.717, 1.165) is 6.26 Å². The number of carbonyl (C=O) groups excluding carboxylic acids is 1. The maximum atomic E-state index is 11.3. The van der Waals surface area contributed by atoms with Crippen LogP contribution in [0.2, 0.25) is 0 Å². The number of nitrogen functional groups attached to an aromatic ring is 1. The number of pyridine rings is 1. The Morgan fingerprint density at radius 3 is 2.69 bits per heavy atom. The molecule has 2 N–H and O–H groups in total. The third-order valence-electron chi connectivity index (χ3n) is 1.68. The number of rotatable bonds is 4. The second-order valence-corrected chi connectivity index (χ2v) is 5.50. The number of esters is 1. The SMILES string of the molecule is CS(=O)(=O)CCOC(=O)c1ccc(N)cn1. The predicted molar refractivity (Wildman–Crippen MR) is 58.6 cm³/mol. The van der Waals surface area contributed by atoms with Gasteiger partial charge < -0.3 is 10.5 Å². The van der Waals surface area contributed by atoms with E-state index in [1.807, 2.05) is 0 Å². The molecule has 0 aliphatic heterocycles. The van der Waals surface area contributed by atoms with Gasteiger partial charge in [-0.15, -0.1) is 0 Å². The summed E-state index contributed by atoms with van der Waals surface area (Å²) in [4.78, 5) is 15.1. The first-order valence-corrected chi connectivity index (χ1v) is 6.51. The van der Waals surface area contributed by atoms with E-state index >= 15 is 0 Å². The molecule has 1 rings (SSSR count). The highest BCUT2D eigenvalue weighted by atomic mass is 32.2. The van der Waals surface area contributed by atoms with Crippen molar-refractivity contribution in [1.82, 2.24) is 4.98 Å². The Labute approximate surface area is 93.4 Å². The number of hydrogen-bond acceptors (Lipinski definition) is 6. The summed E-state index contributed by atoms with van der Waals surface area (Å²) in [6, 6.07) is 2.93. The molecule has 88 valence electrons. The van der Waals surface area contributed by atoms with Crippen molar-refractivity contribution in [3.05, 3.63) is 24.0 Å². The summed E-state index contributed by atoms with van der Waals surface area (Å²) in [6.45, 7) is -0.177. The van der Waals surface area contributed by atoms with E-state index in [1.165, 1.54) is 18.3 Å². The first-order valence-electron chi connectivity index (χ1n) is 4.45. The topological polar surface area (TPSA) is 99.4 Å². The van der Waals surface area contributed by atoms with E-state index in [4.69, 9.17) is 10.5 Å². The molecule has 0 saturated carbocycles. The van der Waals surface area contributed by atoms with Crippen molar-refractivity contribution < 1.29 is 17.9 Å². The molecule has 1 heterocycles. The van der Waals surface area contributed by atoms with Crippen molar-refractivity contribution in [3.8, 4) is 0 Å². The largest absolute Gasteiger partial charge is 0.460 e. The molecule has 0 radical (unpaired) electrons. The molecule has 0 amide bonds. The number of nitrogens with two attached hydrogens (primary N) is 1. The van der Waals surface area contributed by atoms with Crippen LogP contribution in [-0.4, -0.2) is 38.0 Å². The highest BCUT2D eigenvalue weighted by Crippen LogP contribution is 2.02. The Bertz CT molecular complexity index is 467. The Morgan fingerprint density at radius 1 is 1.50 bits per heavy atom. The summed E-state index contributed by atoms with van der Waals surface area (Å²) >= 11 is 0. The van der Waals surface area contributed by atoms with Crippen LogP contribution in [0, 0.1) is 0 Å². The molecule has 0 unspecified atom stereocenters. The lowest BCUT2D eigenvalue weighted by atomic mass is 10.3. The Kier molecular flexibility index (Phi) is 3.83. The number of sulfone groups is 1. The molecule has 0 atom stereocenters. The van der Waals surface area contributed by atoms with E-state index in [2.05, 4.69) is 4.98 Å². The van der Waals surface area contributed by atoms with Crippen LogP contribution in [0.3, 0.4) is 0 Å². The highest BCUT2D eigenvalue weighted by Gasteiger charge is 2.10. The summed E-state index contributed by atoms with van der Waals surface area (Å²) in [6.07, 6.45) is 2.40. The van der Waals surface area contributed by atoms with Gasteiger partial charge in [0.2, 0.25) is 0 Å². The normalized spacial score (nSPS) is 11.1. The first-order chi connectivity index (χ1) is 7.38. The lowest BCUT2D eigenvalue weighted by Crippen LogP contribution is -2.15. The van der Waals surface area contributed by atoms with E-state index in [0.29, 0.717) is 5.69 Å². The van der Waals surface area contributed by atoms with Gasteiger partial charge in [-0.3, -0.25) is 0 Å². The molecule has 0 saturated heterocycles. The van der Waals surface area contributed by atoms with Gasteiger partial charge in [0.1, 0.15) is 12.3 Å². The molecule has 0 aliphatic carbocycles. The fourth-order valence-electron chi connectivity index (χ4n) is 0.886. The van der Waals surface area contributed by atoms with Crippen LogP contribution in [0.25, 0.3) is 0 Å². The van der Waals surface area contributed by atoms with Crippen molar-refractivity contribution in [2.45, 2.75) is 0 Å². The van der Waals surface area contributed by atoms with Crippen molar-refractivity contribution in [2.24, 2.45) is 0 Å². The lowest BCUT2D eigenvalue weighted by molar-refractivity contribution is 0.0522. The minimum absolute atomic E-state index is 0.0997. The zero-order valence-corrected chi connectivity index (χ0v) is 9.53. The number of aromatic nitrogens is 1. The molecular formula is C9H12N2O4S. The monoisotopic (exact) mass is 244 g/mol. The average molecular weight is 244 g/mol. The molecular weight excluding hydrogens is 232 g/mol. The lowest BCUT2D eigenvalue weighted by Gasteiger charge is -2.03. The van der Waals surface area contributed by atoms with Crippen LogP contribution in [0.4, 0.5) is 5.69 Å². The van der Waals surface area contributed by atoms with Crippen LogP contribution in [0.15, 0.2) is 18.3 Å². The predicted octanol–water partition coefficient (Wildman–Crippen LogP) is -0.135. The maximum Gasteiger partial charge on any atom is 0.356 e. The molecule has 0 fully saturated rings. The standard InChI is InChI=1S/C9H12N2O4S/c1-16(13,14)5-4-15-9(12)8-3-2-7(10)6-11-8/h2-3,6H,4-5,10H2,1H3. The van der Waals surface area contributed by atoms with Gasteiger partial charge in [0.05, 0.1) is 17.6 Å². The van der Waals surface area contributed by atoms with Gasteiger partial charge in [0.25, 0.3) is 0 Å². The number of ether oxygens (including phenoxy) is 1. The van der Waals surface area contributed by atoms with Crippen molar-refractivity contribution >= 4 is 21.5 Å². The summed E-state index contributed by atoms with van der Waals surface area (Å²) in [5.74, 6) is -0.864. The van der Waals surface area contributed by atoms with Crippen molar-refractivity contribution in [3.63, 3.8) is 0 Å². The first kappa shape index (κ1) is 12.4. The fraction of sp³-hybridized carbons (Fsp3) is 0.333. The minimum Gasteiger partial charge on any atom is -0.460 e. The van der Waals surface area contributed by atoms with Gasteiger partial charge in [-0.25, -0.2) is 18.2 Å². The van der Waals surface area contributed by atoms with Crippen LogP contribution in [0.1, 0.15) is 10.5 Å². The van der Waals surface area contributed by atoms with Crippen LogP contribution >= 0.6 is 0 Å². The quantitative estimate of drug-likeness (QED) is 0.740. The Balaban J connectivity index is 2.50. The third-order valence-corrected chi connectivity index (χ3v) is 2.59. The highest BCUT2D eigenvalue weighted by molar-refractivity contribution is 7.90. The molecule has 7 heteroatoms. The van der Waals surface area contributed by atoms with Gasteiger partial charge in [-0.05, 0) is 12.1 Å². The fourth-order valence-corrected chi connectivity index (χ4v) is 1.27. The molecule has 6 nitrogen and oxygen atoms in total. The van der Waals surface area contributed by atoms with E-state index < -0.39 is 15.8 Å². The summed E-state index contributed by atoms with van der Waals surface area (Å²) in [5.41, 5.74) is 5.93. The summed E-state index contributed by atoms with van der Waals surface area (Å²) in [7, 11) is -3.13. The molecule has 0 spiro atoms. The Morgan fingerprint density at radius 2 is 2.19 bits per heavy atom. The second-order valence-electron chi connectivity index (χ2n) is 3.24. The Hall–Kier alpha value is -1.63. The molecule has 1 aromatic rings. The summed E-state index contributed by atoms with van der Waals surface area (Å²) < 4.78 is 26.3. The third kappa shape index (κ3) is 4.26. The molecule has 0 aliphatic rings. The number of carbonyl (C=O) groups is 1. The van der Waals surface area contributed by atoms with Gasteiger partial charge in [0.15, 0.2) is 9.84 Å². The van der Waals surface area contributed by atoms with Crippen LogP contribution in [-0.2, 0) is 14.6 Å². The number of hydrogen-bond donors (Lipinski definition) is 1. The second kappa shape index (κ2) is 4.93. The number of nitrogens with zero attached hydrogens (tertiary/aromatic N) is 1. The van der Waals surface area contributed by atoms with Crippen LogP contribution < -0.4 is 5.73 Å². The van der Waals surface area contributed by atoms with Gasteiger partial charge in [-0.2, -0.15) is 0 Å². The molecule has 16 heavy (non-hydrogen) atoms. The smallest absolute Gasteiger partial charge is 0.356 e. The maximum absolute atomic E-state index is 11.3.